The van der Waals surface area contributed by atoms with Crippen molar-refractivity contribution >= 4 is 5.91 Å². The summed E-state index contributed by atoms with van der Waals surface area (Å²) in [6.45, 7) is 8.20. The molecule has 1 amide bonds. The summed E-state index contributed by atoms with van der Waals surface area (Å²) >= 11 is 0. The predicted molar refractivity (Wildman–Crippen MR) is 129 cm³/mol. The normalized spacial score (nSPS) is 15.4. The number of ether oxygens (including phenoxy) is 2. The van der Waals surface area contributed by atoms with Crippen molar-refractivity contribution in [1.82, 2.24) is 20.0 Å². The fourth-order valence-corrected chi connectivity index (χ4v) is 4.28. The van der Waals surface area contributed by atoms with Crippen LogP contribution in [-0.4, -0.2) is 66.6 Å². The van der Waals surface area contributed by atoms with Gasteiger partial charge in [-0.2, -0.15) is 5.10 Å². The molecule has 1 aliphatic rings. The fraction of sp³-hybridized carbons (Fsp3) is 0.385. The molecule has 0 bridgehead atoms. The van der Waals surface area contributed by atoms with Gasteiger partial charge < -0.3 is 14.8 Å². The molecule has 0 aliphatic carbocycles. The van der Waals surface area contributed by atoms with Crippen LogP contribution in [0, 0.1) is 5.92 Å². The Bertz CT molecular complexity index is 1060. The summed E-state index contributed by atoms with van der Waals surface area (Å²) in [5.74, 6) is 0.944. The van der Waals surface area contributed by atoms with Crippen LogP contribution in [0.3, 0.4) is 0 Å². The van der Waals surface area contributed by atoms with Crippen molar-refractivity contribution in [3.8, 4) is 22.7 Å². The van der Waals surface area contributed by atoms with E-state index in [0.29, 0.717) is 29.5 Å². The van der Waals surface area contributed by atoms with Gasteiger partial charge in [0.15, 0.2) is 0 Å². The van der Waals surface area contributed by atoms with Gasteiger partial charge in [0.25, 0.3) is 5.91 Å². The SMILES string of the molecule is COc1ccccc1-c1nn(-c2ccccc2)cc1C(=O)NC[C@@H](C(C)C)N1CCOCC1. The lowest BCUT2D eigenvalue weighted by Crippen LogP contribution is -2.51. The largest absolute Gasteiger partial charge is 0.496 e. The van der Waals surface area contributed by atoms with E-state index in [9.17, 15) is 4.79 Å². The molecule has 3 aromatic rings. The number of para-hydroxylation sites is 2. The molecule has 1 fully saturated rings. The second-order valence-electron chi connectivity index (χ2n) is 8.54. The summed E-state index contributed by atoms with van der Waals surface area (Å²) in [6, 6.07) is 17.7. The zero-order chi connectivity index (χ0) is 23.2. The summed E-state index contributed by atoms with van der Waals surface area (Å²) in [7, 11) is 1.63. The van der Waals surface area contributed by atoms with Crippen molar-refractivity contribution in [2.45, 2.75) is 19.9 Å². The zero-order valence-electron chi connectivity index (χ0n) is 19.5. The van der Waals surface area contributed by atoms with Crippen LogP contribution < -0.4 is 10.1 Å². The highest BCUT2D eigenvalue weighted by molar-refractivity contribution is 6.00. The lowest BCUT2D eigenvalue weighted by atomic mass is 10.0. The first-order valence-electron chi connectivity index (χ1n) is 11.5. The molecule has 0 spiro atoms. The van der Waals surface area contributed by atoms with Crippen LogP contribution in [0.5, 0.6) is 5.75 Å². The van der Waals surface area contributed by atoms with Gasteiger partial charge in [-0.3, -0.25) is 9.69 Å². The molecular weight excluding hydrogens is 416 g/mol. The summed E-state index contributed by atoms with van der Waals surface area (Å²) in [5, 5.41) is 7.96. The average molecular weight is 449 g/mol. The number of amides is 1. The minimum atomic E-state index is -0.142. The summed E-state index contributed by atoms with van der Waals surface area (Å²) in [5.41, 5.74) is 2.80. The summed E-state index contributed by atoms with van der Waals surface area (Å²) in [6.07, 6.45) is 1.80. The van der Waals surface area contributed by atoms with Crippen LogP contribution in [0.15, 0.2) is 60.8 Å². The van der Waals surface area contributed by atoms with Crippen molar-refractivity contribution in [1.29, 1.82) is 0 Å². The van der Waals surface area contributed by atoms with Gasteiger partial charge in [0.2, 0.25) is 0 Å². The topological polar surface area (TPSA) is 68.6 Å². The second kappa shape index (κ2) is 10.6. The smallest absolute Gasteiger partial charge is 0.255 e. The van der Waals surface area contributed by atoms with Crippen molar-refractivity contribution in [2.75, 3.05) is 40.0 Å². The van der Waals surface area contributed by atoms with Gasteiger partial charge in [-0.1, -0.05) is 44.2 Å². The van der Waals surface area contributed by atoms with Gasteiger partial charge in [0.05, 0.1) is 31.6 Å². The van der Waals surface area contributed by atoms with Crippen molar-refractivity contribution in [3.63, 3.8) is 0 Å². The molecule has 1 aromatic heterocycles. The number of carbonyl (C=O) groups is 1. The number of methoxy groups -OCH3 is 1. The maximum Gasteiger partial charge on any atom is 0.255 e. The molecule has 0 unspecified atom stereocenters. The van der Waals surface area contributed by atoms with Crippen LogP contribution in [-0.2, 0) is 4.74 Å². The molecule has 0 radical (unpaired) electrons. The third kappa shape index (κ3) is 5.26. The van der Waals surface area contributed by atoms with Crippen molar-refractivity contribution in [3.05, 3.63) is 66.4 Å². The number of aromatic nitrogens is 2. The molecule has 1 saturated heterocycles. The third-order valence-electron chi connectivity index (χ3n) is 6.10. The minimum absolute atomic E-state index is 0.142. The lowest BCUT2D eigenvalue weighted by molar-refractivity contribution is 0.00673. The number of carbonyl (C=O) groups excluding carboxylic acids is 1. The van der Waals surface area contributed by atoms with E-state index in [1.54, 1.807) is 18.0 Å². The lowest BCUT2D eigenvalue weighted by Gasteiger charge is -2.36. The first kappa shape index (κ1) is 23.0. The number of nitrogens with zero attached hydrogens (tertiary/aromatic N) is 3. The Hall–Kier alpha value is -3.16. The Labute approximate surface area is 195 Å². The van der Waals surface area contributed by atoms with Crippen molar-refractivity contribution < 1.29 is 14.3 Å². The molecule has 2 aromatic carbocycles. The van der Waals surface area contributed by atoms with Crippen LogP contribution in [0.1, 0.15) is 24.2 Å². The third-order valence-corrected chi connectivity index (χ3v) is 6.10. The van der Waals surface area contributed by atoms with E-state index in [1.165, 1.54) is 0 Å². The highest BCUT2D eigenvalue weighted by atomic mass is 16.5. The van der Waals surface area contributed by atoms with Crippen molar-refractivity contribution in [2.24, 2.45) is 5.92 Å². The van der Waals surface area contributed by atoms with Crippen LogP contribution in [0.2, 0.25) is 0 Å². The first-order chi connectivity index (χ1) is 16.1. The number of nitrogens with one attached hydrogen (secondary N) is 1. The Balaban J connectivity index is 1.63. The molecule has 2 heterocycles. The highest BCUT2D eigenvalue weighted by Gasteiger charge is 2.26. The second-order valence-corrected chi connectivity index (χ2v) is 8.54. The fourth-order valence-electron chi connectivity index (χ4n) is 4.28. The Morgan fingerprint density at radius 3 is 2.48 bits per heavy atom. The molecule has 7 nitrogen and oxygen atoms in total. The molecular formula is C26H32N4O3. The standard InChI is InChI=1S/C26H32N4O3/c1-19(2)23(29-13-15-33-16-14-29)17-27-26(31)22-18-30(20-9-5-4-6-10-20)28-25(22)21-11-7-8-12-24(21)32-3/h4-12,18-19,23H,13-17H2,1-3H3,(H,27,31)/t23-/m0/s1. The Kier molecular flexibility index (Phi) is 7.42. The van der Waals surface area contributed by atoms with Gasteiger partial charge in [-0.25, -0.2) is 4.68 Å². The zero-order valence-corrected chi connectivity index (χ0v) is 19.5. The molecule has 7 heteroatoms. The summed E-state index contributed by atoms with van der Waals surface area (Å²) < 4.78 is 12.8. The summed E-state index contributed by atoms with van der Waals surface area (Å²) in [4.78, 5) is 15.9. The number of hydrogen-bond acceptors (Lipinski definition) is 5. The van der Waals surface area contributed by atoms with E-state index in [0.717, 1.165) is 37.6 Å². The minimum Gasteiger partial charge on any atom is -0.496 e. The first-order valence-corrected chi connectivity index (χ1v) is 11.5. The maximum absolute atomic E-state index is 13.4. The van der Waals surface area contributed by atoms with E-state index in [4.69, 9.17) is 14.6 Å². The van der Waals surface area contributed by atoms with Gasteiger partial charge in [0.1, 0.15) is 11.4 Å². The average Bonchev–Trinajstić information content (AvgIpc) is 3.30. The molecule has 4 rings (SSSR count). The number of morpholine rings is 1. The van der Waals surface area contributed by atoms with E-state index in [2.05, 4.69) is 24.1 Å². The monoisotopic (exact) mass is 448 g/mol. The molecule has 33 heavy (non-hydrogen) atoms. The van der Waals surface area contributed by atoms with Crippen LogP contribution >= 0.6 is 0 Å². The molecule has 1 N–H and O–H groups in total. The number of rotatable bonds is 8. The van der Waals surface area contributed by atoms with Gasteiger partial charge >= 0.3 is 0 Å². The van der Waals surface area contributed by atoms with Crippen LogP contribution in [0.25, 0.3) is 16.9 Å². The van der Waals surface area contributed by atoms with E-state index in [1.807, 2.05) is 54.6 Å². The van der Waals surface area contributed by atoms with Crippen LogP contribution in [0.4, 0.5) is 0 Å². The molecule has 1 aliphatic heterocycles. The Morgan fingerprint density at radius 1 is 1.09 bits per heavy atom. The van der Waals surface area contributed by atoms with E-state index >= 15 is 0 Å². The molecule has 0 saturated carbocycles. The molecule has 1 atom stereocenters. The maximum atomic E-state index is 13.4. The van der Waals surface area contributed by atoms with E-state index in [-0.39, 0.29) is 11.9 Å². The Morgan fingerprint density at radius 2 is 1.79 bits per heavy atom. The predicted octanol–water partition coefficient (Wildman–Crippen LogP) is 3.63. The van der Waals surface area contributed by atoms with Gasteiger partial charge in [-0.05, 0) is 30.2 Å². The van der Waals surface area contributed by atoms with Gasteiger partial charge in [-0.15, -0.1) is 0 Å². The highest BCUT2D eigenvalue weighted by Crippen LogP contribution is 2.31. The quantitative estimate of drug-likeness (QED) is 0.570. The molecule has 174 valence electrons. The van der Waals surface area contributed by atoms with Gasteiger partial charge in [0, 0.05) is 37.4 Å². The van der Waals surface area contributed by atoms with E-state index < -0.39 is 0 Å². The number of benzene rings is 2. The number of hydrogen-bond donors (Lipinski definition) is 1.